The number of carbonyl (C=O) groups is 2. The predicted octanol–water partition coefficient (Wildman–Crippen LogP) is 2.21. The molecule has 0 saturated heterocycles. The van der Waals surface area contributed by atoms with Crippen molar-refractivity contribution in [1.82, 2.24) is 5.32 Å². The zero-order chi connectivity index (χ0) is 15.8. The largest absolute Gasteiger partial charge is 0.452 e. The van der Waals surface area contributed by atoms with Crippen LogP contribution >= 0.6 is 0 Å². The summed E-state index contributed by atoms with van der Waals surface area (Å²) in [5, 5.41) is 2.79. The molecule has 0 aliphatic carbocycles. The topological polar surface area (TPSA) is 58.6 Å². The van der Waals surface area contributed by atoms with Crippen LogP contribution in [0.25, 0.3) is 0 Å². The molecule has 0 bridgehead atoms. The molecule has 1 atom stereocenters. The fourth-order valence-corrected chi connectivity index (χ4v) is 1.93. The van der Waals surface area contributed by atoms with E-state index in [0.717, 1.165) is 18.5 Å². The Morgan fingerprint density at radius 1 is 1.24 bits per heavy atom. The maximum absolute atomic E-state index is 11.8. The molecule has 21 heavy (non-hydrogen) atoms. The molecule has 0 aliphatic heterocycles. The van der Waals surface area contributed by atoms with E-state index >= 15 is 0 Å². The molecule has 1 unspecified atom stereocenters. The number of rotatable bonds is 7. The number of hydrogen-bond donors (Lipinski definition) is 1. The van der Waals surface area contributed by atoms with E-state index in [-0.39, 0.29) is 18.6 Å². The Balaban J connectivity index is 2.44. The van der Waals surface area contributed by atoms with Gasteiger partial charge in [-0.1, -0.05) is 13.3 Å². The molecule has 5 heteroatoms. The third-order valence-corrected chi connectivity index (χ3v) is 3.08. The maximum atomic E-state index is 11.8. The SMILES string of the molecule is CCCC(C)NC(=O)COC(=O)c1ccc(N(C)C)cc1. The van der Waals surface area contributed by atoms with Crippen molar-refractivity contribution >= 4 is 17.6 Å². The number of ether oxygens (including phenoxy) is 1. The van der Waals surface area contributed by atoms with Gasteiger partial charge in [0.2, 0.25) is 0 Å². The van der Waals surface area contributed by atoms with Gasteiger partial charge in [0.15, 0.2) is 6.61 Å². The van der Waals surface area contributed by atoms with E-state index in [0.29, 0.717) is 5.56 Å². The third-order valence-electron chi connectivity index (χ3n) is 3.08. The van der Waals surface area contributed by atoms with Crippen LogP contribution in [0.2, 0.25) is 0 Å². The molecule has 1 N–H and O–H groups in total. The molecule has 5 nitrogen and oxygen atoms in total. The number of nitrogens with zero attached hydrogens (tertiary/aromatic N) is 1. The second-order valence-electron chi connectivity index (χ2n) is 5.27. The average molecular weight is 292 g/mol. The Kier molecular flexibility index (Phi) is 6.72. The summed E-state index contributed by atoms with van der Waals surface area (Å²) in [4.78, 5) is 25.4. The van der Waals surface area contributed by atoms with Gasteiger partial charge in [-0.15, -0.1) is 0 Å². The highest BCUT2D eigenvalue weighted by Crippen LogP contribution is 2.12. The normalized spacial score (nSPS) is 11.6. The fraction of sp³-hybridized carbons (Fsp3) is 0.500. The first-order valence-corrected chi connectivity index (χ1v) is 7.18. The summed E-state index contributed by atoms with van der Waals surface area (Å²) in [5.41, 5.74) is 1.44. The van der Waals surface area contributed by atoms with Crippen LogP contribution in [0.3, 0.4) is 0 Å². The number of hydrogen-bond acceptors (Lipinski definition) is 4. The Labute approximate surface area is 126 Å². The minimum absolute atomic E-state index is 0.0978. The molecule has 1 rings (SSSR count). The number of esters is 1. The molecule has 0 saturated carbocycles. The highest BCUT2D eigenvalue weighted by atomic mass is 16.5. The van der Waals surface area contributed by atoms with Crippen molar-refractivity contribution in [3.63, 3.8) is 0 Å². The first-order valence-electron chi connectivity index (χ1n) is 7.18. The zero-order valence-electron chi connectivity index (χ0n) is 13.2. The molecule has 0 fully saturated rings. The fourth-order valence-electron chi connectivity index (χ4n) is 1.93. The van der Waals surface area contributed by atoms with Gasteiger partial charge in [0.05, 0.1) is 5.56 Å². The average Bonchev–Trinajstić information content (AvgIpc) is 2.45. The molecule has 1 aromatic rings. The molecule has 1 aromatic carbocycles. The van der Waals surface area contributed by atoms with Crippen LogP contribution in [0.5, 0.6) is 0 Å². The first kappa shape index (κ1) is 17.0. The van der Waals surface area contributed by atoms with Gasteiger partial charge in [0.25, 0.3) is 5.91 Å². The highest BCUT2D eigenvalue weighted by molar-refractivity contribution is 5.91. The molecule has 0 radical (unpaired) electrons. The standard InChI is InChI=1S/C16H24N2O3/c1-5-6-12(2)17-15(19)11-21-16(20)13-7-9-14(10-8-13)18(3)4/h7-10,12H,5-6,11H2,1-4H3,(H,17,19). The lowest BCUT2D eigenvalue weighted by atomic mass is 10.2. The lowest BCUT2D eigenvalue weighted by Crippen LogP contribution is -2.35. The first-order chi connectivity index (χ1) is 9.93. The molecular weight excluding hydrogens is 268 g/mol. The minimum atomic E-state index is -0.487. The van der Waals surface area contributed by atoms with Crippen molar-refractivity contribution in [2.24, 2.45) is 0 Å². The van der Waals surface area contributed by atoms with E-state index in [1.165, 1.54) is 0 Å². The molecular formula is C16H24N2O3. The van der Waals surface area contributed by atoms with Crippen LogP contribution in [0, 0.1) is 0 Å². The minimum Gasteiger partial charge on any atom is -0.452 e. The molecule has 0 aliphatic rings. The molecule has 116 valence electrons. The maximum Gasteiger partial charge on any atom is 0.338 e. The van der Waals surface area contributed by atoms with E-state index in [2.05, 4.69) is 12.2 Å². The van der Waals surface area contributed by atoms with Crippen LogP contribution in [-0.4, -0.2) is 38.6 Å². The Morgan fingerprint density at radius 2 is 1.86 bits per heavy atom. The van der Waals surface area contributed by atoms with Crippen LogP contribution in [0.1, 0.15) is 37.0 Å². The van der Waals surface area contributed by atoms with Crippen molar-refractivity contribution in [3.05, 3.63) is 29.8 Å². The summed E-state index contributed by atoms with van der Waals surface area (Å²) in [7, 11) is 3.85. The quantitative estimate of drug-likeness (QED) is 0.783. The van der Waals surface area contributed by atoms with Crippen molar-refractivity contribution in [1.29, 1.82) is 0 Å². The van der Waals surface area contributed by atoms with Gasteiger partial charge in [-0.05, 0) is 37.6 Å². The summed E-state index contributed by atoms with van der Waals surface area (Å²) >= 11 is 0. The summed E-state index contributed by atoms with van der Waals surface area (Å²) in [6.45, 7) is 3.74. The van der Waals surface area contributed by atoms with Gasteiger partial charge in [0, 0.05) is 25.8 Å². The van der Waals surface area contributed by atoms with E-state index in [1.54, 1.807) is 12.1 Å². The predicted molar refractivity (Wildman–Crippen MR) is 83.6 cm³/mol. The van der Waals surface area contributed by atoms with E-state index in [9.17, 15) is 9.59 Å². The summed E-state index contributed by atoms with van der Waals surface area (Å²) in [6, 6.07) is 7.14. The lowest BCUT2D eigenvalue weighted by Gasteiger charge is -2.13. The molecule has 0 heterocycles. The van der Waals surface area contributed by atoms with Crippen molar-refractivity contribution in [3.8, 4) is 0 Å². The highest BCUT2D eigenvalue weighted by Gasteiger charge is 2.12. The summed E-state index contributed by atoms with van der Waals surface area (Å²) in [5.74, 6) is -0.757. The van der Waals surface area contributed by atoms with Gasteiger partial charge in [-0.2, -0.15) is 0 Å². The Bertz CT molecular complexity index is 469. The van der Waals surface area contributed by atoms with Crippen molar-refractivity contribution < 1.29 is 14.3 Å². The van der Waals surface area contributed by atoms with Gasteiger partial charge in [0.1, 0.15) is 0 Å². The van der Waals surface area contributed by atoms with Crippen LogP contribution in [0.15, 0.2) is 24.3 Å². The van der Waals surface area contributed by atoms with Gasteiger partial charge in [-0.25, -0.2) is 4.79 Å². The summed E-state index contributed by atoms with van der Waals surface area (Å²) < 4.78 is 5.00. The second-order valence-corrected chi connectivity index (χ2v) is 5.27. The molecule has 0 aromatic heterocycles. The van der Waals surface area contributed by atoms with E-state index in [4.69, 9.17) is 4.74 Å². The number of benzene rings is 1. The lowest BCUT2D eigenvalue weighted by molar-refractivity contribution is -0.124. The zero-order valence-corrected chi connectivity index (χ0v) is 13.2. The second kappa shape index (κ2) is 8.29. The molecule has 0 spiro atoms. The van der Waals surface area contributed by atoms with E-state index < -0.39 is 5.97 Å². The van der Waals surface area contributed by atoms with Crippen molar-refractivity contribution in [2.45, 2.75) is 32.7 Å². The van der Waals surface area contributed by atoms with Crippen molar-refractivity contribution in [2.75, 3.05) is 25.6 Å². The molecule has 1 amide bonds. The third kappa shape index (κ3) is 5.85. The summed E-state index contributed by atoms with van der Waals surface area (Å²) in [6.07, 6.45) is 1.91. The van der Waals surface area contributed by atoms with Gasteiger partial charge < -0.3 is 15.0 Å². The van der Waals surface area contributed by atoms with Gasteiger partial charge >= 0.3 is 5.97 Å². The number of anilines is 1. The Hall–Kier alpha value is -2.04. The number of carbonyl (C=O) groups excluding carboxylic acids is 2. The van der Waals surface area contributed by atoms with Crippen LogP contribution < -0.4 is 10.2 Å². The van der Waals surface area contributed by atoms with Crippen LogP contribution in [0.4, 0.5) is 5.69 Å². The number of nitrogens with one attached hydrogen (secondary N) is 1. The number of amides is 1. The Morgan fingerprint density at radius 3 is 2.38 bits per heavy atom. The van der Waals surface area contributed by atoms with Crippen LogP contribution in [-0.2, 0) is 9.53 Å². The van der Waals surface area contributed by atoms with Gasteiger partial charge in [-0.3, -0.25) is 4.79 Å². The smallest absolute Gasteiger partial charge is 0.338 e. The van der Waals surface area contributed by atoms with E-state index in [1.807, 2.05) is 38.1 Å². The monoisotopic (exact) mass is 292 g/mol.